The van der Waals surface area contributed by atoms with Crippen LogP contribution < -0.4 is 10.2 Å². The van der Waals surface area contributed by atoms with E-state index in [0.717, 1.165) is 29.8 Å². The van der Waals surface area contributed by atoms with Crippen molar-refractivity contribution >= 4 is 17.5 Å². The monoisotopic (exact) mass is 652 g/mol. The molecule has 2 aromatic heterocycles. The van der Waals surface area contributed by atoms with Crippen LogP contribution in [0.4, 0.5) is 5.69 Å². The van der Waals surface area contributed by atoms with Gasteiger partial charge in [-0.1, -0.05) is 63.2 Å². The highest BCUT2D eigenvalue weighted by Crippen LogP contribution is 2.36. The van der Waals surface area contributed by atoms with Crippen LogP contribution in [0.1, 0.15) is 65.6 Å². The van der Waals surface area contributed by atoms with E-state index in [1.165, 1.54) is 17.4 Å². The third-order valence-corrected chi connectivity index (χ3v) is 9.01. The van der Waals surface area contributed by atoms with Gasteiger partial charge < -0.3 is 24.9 Å². The van der Waals surface area contributed by atoms with Crippen molar-refractivity contribution in [2.45, 2.75) is 56.9 Å². The van der Waals surface area contributed by atoms with Crippen LogP contribution in [0.15, 0.2) is 85.6 Å². The lowest BCUT2D eigenvalue weighted by molar-refractivity contribution is -0.124. The normalized spacial score (nSPS) is 19.3. The Hall–Kier alpha value is -4.42. The summed E-state index contributed by atoms with van der Waals surface area (Å²) in [5, 5.41) is 14.1. The summed E-state index contributed by atoms with van der Waals surface area (Å²) in [6.45, 7) is 9.83. The Kier molecular flexibility index (Phi) is 10.3. The van der Waals surface area contributed by atoms with Crippen molar-refractivity contribution in [3.05, 3.63) is 114 Å². The van der Waals surface area contributed by atoms with Gasteiger partial charge in [0.2, 0.25) is 5.91 Å². The molecule has 3 N–H and O–H groups in total. The van der Waals surface area contributed by atoms with Crippen LogP contribution in [-0.4, -0.2) is 88.4 Å². The summed E-state index contributed by atoms with van der Waals surface area (Å²) in [7, 11) is 0. The lowest BCUT2D eigenvalue weighted by atomic mass is 9.87. The number of nitrogens with one attached hydrogen (secondary N) is 2. The molecule has 3 heterocycles. The van der Waals surface area contributed by atoms with Crippen LogP contribution in [-0.2, 0) is 26.1 Å². The Morgan fingerprint density at radius 2 is 1.88 bits per heavy atom. The molecule has 1 fully saturated rings. The molecule has 0 bridgehead atoms. The number of fused-ring (bicyclic) bond motifs is 1. The fourth-order valence-electron chi connectivity index (χ4n) is 6.45. The number of carbonyl (C=O) groups excluding carboxylic acids is 2. The summed E-state index contributed by atoms with van der Waals surface area (Å²) in [5.74, 6) is -0.828. The van der Waals surface area contributed by atoms with E-state index in [-0.39, 0.29) is 17.7 Å². The number of morpholine rings is 1. The Morgan fingerprint density at radius 1 is 1.10 bits per heavy atom. The van der Waals surface area contributed by atoms with Crippen molar-refractivity contribution in [2.75, 3.05) is 44.4 Å². The number of pyridine rings is 1. The average molecular weight is 653 g/mol. The molecule has 1 aliphatic heterocycles. The number of imidazole rings is 1. The minimum Gasteiger partial charge on any atom is -0.389 e. The maximum absolute atomic E-state index is 14.7. The van der Waals surface area contributed by atoms with Gasteiger partial charge in [-0.05, 0) is 40.3 Å². The zero-order valence-electron chi connectivity index (χ0n) is 27.7. The number of nitrogens with zero attached hydrogens (tertiary/aromatic N) is 4. The summed E-state index contributed by atoms with van der Waals surface area (Å²) in [6, 6.07) is 17.6. The fraction of sp³-hybridized carbons (Fsp3) is 0.405. The molecule has 11 heteroatoms. The molecule has 48 heavy (non-hydrogen) atoms. The highest BCUT2D eigenvalue weighted by atomic mass is 16.5. The number of aromatic amines is 1. The molecule has 2 aromatic carbocycles. The number of carbonyl (C=O) groups is 2. The van der Waals surface area contributed by atoms with Crippen LogP contribution in [0, 0.1) is 0 Å². The Balaban J connectivity index is 1.31. The van der Waals surface area contributed by atoms with Crippen LogP contribution in [0.25, 0.3) is 0 Å². The molecule has 6 rings (SSSR count). The van der Waals surface area contributed by atoms with Gasteiger partial charge in [0.05, 0.1) is 44.4 Å². The molecule has 1 saturated heterocycles. The van der Waals surface area contributed by atoms with Gasteiger partial charge in [0.25, 0.3) is 5.91 Å². The predicted molar refractivity (Wildman–Crippen MR) is 182 cm³/mol. The number of amides is 2. The van der Waals surface area contributed by atoms with E-state index < -0.39 is 36.1 Å². The van der Waals surface area contributed by atoms with E-state index in [2.05, 4.69) is 45.9 Å². The lowest BCUT2D eigenvalue weighted by Crippen LogP contribution is -2.47. The van der Waals surface area contributed by atoms with E-state index in [1.807, 2.05) is 48.5 Å². The SMILES string of the molecule is CC(C)(C)c1ccc(N(C(=O)c2c[nH]cn2)C(C(=O)N[C@@H]2c3ccccc3C[C@@H]2OC[C@@H](O)CN2CCOCC2)c2cccnc2)cc1. The zero-order valence-corrected chi connectivity index (χ0v) is 27.7. The highest BCUT2D eigenvalue weighted by molar-refractivity contribution is 6.09. The summed E-state index contributed by atoms with van der Waals surface area (Å²) < 4.78 is 11.8. The van der Waals surface area contributed by atoms with Gasteiger partial charge in [-0.2, -0.15) is 0 Å². The minimum absolute atomic E-state index is 0.101. The maximum atomic E-state index is 14.7. The second kappa shape index (κ2) is 14.8. The second-order valence-corrected chi connectivity index (χ2v) is 13.4. The molecule has 4 atom stereocenters. The fourth-order valence-corrected chi connectivity index (χ4v) is 6.45. The molecule has 2 amide bonds. The van der Waals surface area contributed by atoms with Crippen LogP contribution in [0.5, 0.6) is 0 Å². The van der Waals surface area contributed by atoms with E-state index in [0.29, 0.717) is 37.4 Å². The molecule has 1 unspecified atom stereocenters. The van der Waals surface area contributed by atoms with Crippen LogP contribution in [0.3, 0.4) is 0 Å². The van der Waals surface area contributed by atoms with Gasteiger partial charge >= 0.3 is 0 Å². The minimum atomic E-state index is -1.08. The topological polar surface area (TPSA) is 133 Å². The number of β-amino-alcohol motifs (C(OH)–C–C–N with tert-alkyl or cyclic N) is 1. The quantitative estimate of drug-likeness (QED) is 0.222. The third-order valence-electron chi connectivity index (χ3n) is 9.01. The van der Waals surface area contributed by atoms with Crippen molar-refractivity contribution in [3.63, 3.8) is 0 Å². The van der Waals surface area contributed by atoms with Crippen LogP contribution >= 0.6 is 0 Å². The molecule has 2 aliphatic rings. The molecule has 1 aliphatic carbocycles. The number of anilines is 1. The first-order valence-corrected chi connectivity index (χ1v) is 16.5. The van der Waals surface area contributed by atoms with Crippen molar-refractivity contribution < 1.29 is 24.2 Å². The highest BCUT2D eigenvalue weighted by Gasteiger charge is 2.40. The number of hydrogen-bond donors (Lipinski definition) is 3. The Morgan fingerprint density at radius 3 is 2.56 bits per heavy atom. The summed E-state index contributed by atoms with van der Waals surface area (Å²) in [4.78, 5) is 44.0. The van der Waals surface area contributed by atoms with Crippen molar-refractivity contribution in [1.82, 2.24) is 25.2 Å². The number of aliphatic hydroxyl groups excluding tert-OH is 1. The molecular weight excluding hydrogens is 608 g/mol. The lowest BCUT2D eigenvalue weighted by Gasteiger charge is -2.33. The average Bonchev–Trinajstić information content (AvgIpc) is 3.75. The first-order valence-electron chi connectivity index (χ1n) is 16.5. The number of benzene rings is 2. The standard InChI is InChI=1S/C37H44N6O5/c1-37(2,3)27-10-12-28(13-11-27)43(36(46)31-21-39-24-40-31)34(26-8-6-14-38-20-26)35(45)41-33-30-9-5-4-7-25(30)19-32(33)48-23-29(44)22-42-15-17-47-18-16-42/h4-14,20-21,24,29,32-34,44H,15-19,22-23H2,1-3H3,(H,39,40)(H,41,45)/t29-,32-,33+,34?/m0/s1. The van der Waals surface area contributed by atoms with Crippen molar-refractivity contribution in [2.24, 2.45) is 0 Å². The van der Waals surface area contributed by atoms with Crippen molar-refractivity contribution in [3.8, 4) is 0 Å². The summed E-state index contributed by atoms with van der Waals surface area (Å²) in [6.07, 6.45) is 5.68. The van der Waals surface area contributed by atoms with Gasteiger partial charge in [-0.25, -0.2) is 4.98 Å². The number of H-pyrrole nitrogens is 1. The molecule has 11 nitrogen and oxygen atoms in total. The van der Waals surface area contributed by atoms with E-state index in [9.17, 15) is 14.7 Å². The van der Waals surface area contributed by atoms with E-state index >= 15 is 0 Å². The first-order chi connectivity index (χ1) is 23.2. The van der Waals surface area contributed by atoms with Gasteiger partial charge in [-0.3, -0.25) is 24.4 Å². The van der Waals surface area contributed by atoms with Gasteiger partial charge in [0.15, 0.2) is 0 Å². The molecule has 0 spiro atoms. The largest absolute Gasteiger partial charge is 0.389 e. The molecule has 252 valence electrons. The van der Waals surface area contributed by atoms with Gasteiger partial charge in [0, 0.05) is 55.9 Å². The van der Waals surface area contributed by atoms with E-state index in [1.54, 1.807) is 24.5 Å². The number of aromatic nitrogens is 3. The maximum Gasteiger partial charge on any atom is 0.279 e. The first kappa shape index (κ1) is 33.5. The molecule has 0 saturated carbocycles. The molecular formula is C37H44N6O5. The van der Waals surface area contributed by atoms with E-state index in [4.69, 9.17) is 9.47 Å². The number of ether oxygens (including phenoxy) is 2. The summed E-state index contributed by atoms with van der Waals surface area (Å²) >= 11 is 0. The number of aliphatic hydroxyl groups is 1. The predicted octanol–water partition coefficient (Wildman–Crippen LogP) is 3.98. The van der Waals surface area contributed by atoms with Gasteiger partial charge in [-0.15, -0.1) is 0 Å². The Labute approximate surface area is 281 Å². The molecule has 0 radical (unpaired) electrons. The molecule has 4 aromatic rings. The zero-order chi connectivity index (χ0) is 33.7. The van der Waals surface area contributed by atoms with Crippen molar-refractivity contribution in [1.29, 1.82) is 0 Å². The number of rotatable bonds is 11. The second-order valence-electron chi connectivity index (χ2n) is 13.4. The summed E-state index contributed by atoms with van der Waals surface area (Å²) in [5.41, 5.74) is 4.28. The van der Waals surface area contributed by atoms with Gasteiger partial charge in [0.1, 0.15) is 11.7 Å². The third kappa shape index (κ3) is 7.65. The Bertz CT molecular complexity index is 1650. The van der Waals surface area contributed by atoms with Crippen LogP contribution in [0.2, 0.25) is 0 Å². The smallest absolute Gasteiger partial charge is 0.279 e. The number of hydrogen-bond acceptors (Lipinski definition) is 8.